The number of anilines is 1. The molecule has 0 spiro atoms. The summed E-state index contributed by atoms with van der Waals surface area (Å²) in [5.41, 5.74) is 1.52. The average Bonchev–Trinajstić information content (AvgIpc) is 2.49. The SMILES string of the molecule is Cc1cc(S(N)(=O)=O)cc(NC(=O)c2ccc(OC(F)(F)F)cc2)c1C. The van der Waals surface area contributed by atoms with E-state index in [2.05, 4.69) is 10.1 Å². The molecule has 0 unspecified atom stereocenters. The van der Waals surface area contributed by atoms with Gasteiger partial charge in [-0.3, -0.25) is 4.79 Å². The van der Waals surface area contributed by atoms with Crippen molar-refractivity contribution in [2.24, 2.45) is 5.14 Å². The topological polar surface area (TPSA) is 98.5 Å². The van der Waals surface area contributed by atoms with Gasteiger partial charge in [-0.2, -0.15) is 0 Å². The number of primary sulfonamides is 1. The molecule has 0 aliphatic carbocycles. The van der Waals surface area contributed by atoms with Crippen molar-refractivity contribution >= 4 is 21.6 Å². The summed E-state index contributed by atoms with van der Waals surface area (Å²) in [5.74, 6) is -1.09. The highest BCUT2D eigenvalue weighted by Gasteiger charge is 2.31. The third kappa shape index (κ3) is 4.96. The van der Waals surface area contributed by atoms with E-state index in [9.17, 15) is 26.4 Å². The number of rotatable bonds is 4. The number of ether oxygens (including phenoxy) is 1. The van der Waals surface area contributed by atoms with Crippen molar-refractivity contribution in [3.8, 4) is 5.75 Å². The first-order valence-electron chi connectivity index (χ1n) is 7.18. The molecule has 0 saturated carbocycles. The lowest BCUT2D eigenvalue weighted by Gasteiger charge is -2.13. The summed E-state index contributed by atoms with van der Waals surface area (Å²) in [6.45, 7) is 3.33. The highest BCUT2D eigenvalue weighted by Crippen LogP contribution is 2.25. The number of benzene rings is 2. The number of carbonyl (C=O) groups is 1. The minimum absolute atomic E-state index is 0.0672. The lowest BCUT2D eigenvalue weighted by Crippen LogP contribution is -2.18. The van der Waals surface area contributed by atoms with Gasteiger partial charge in [-0.05, 0) is 61.4 Å². The Bertz CT molecular complexity index is 939. The number of hydrogen-bond donors (Lipinski definition) is 2. The maximum absolute atomic E-state index is 12.3. The first-order chi connectivity index (χ1) is 11.9. The smallest absolute Gasteiger partial charge is 0.406 e. The summed E-state index contributed by atoms with van der Waals surface area (Å²) in [6, 6.07) is 6.91. The van der Waals surface area contributed by atoms with Crippen LogP contribution in [0.2, 0.25) is 0 Å². The molecule has 3 N–H and O–H groups in total. The number of nitrogens with one attached hydrogen (secondary N) is 1. The highest BCUT2D eigenvalue weighted by molar-refractivity contribution is 7.89. The summed E-state index contributed by atoms with van der Waals surface area (Å²) in [5, 5.41) is 7.63. The minimum atomic E-state index is -4.83. The van der Waals surface area contributed by atoms with Gasteiger partial charge in [0.2, 0.25) is 10.0 Å². The maximum Gasteiger partial charge on any atom is 0.573 e. The Balaban J connectivity index is 2.26. The molecule has 2 aromatic carbocycles. The number of halogens is 3. The van der Waals surface area contributed by atoms with Crippen molar-refractivity contribution in [3.05, 3.63) is 53.1 Å². The van der Waals surface area contributed by atoms with E-state index < -0.39 is 28.0 Å². The number of sulfonamides is 1. The summed E-state index contributed by atoms with van der Waals surface area (Å²) in [6.07, 6.45) is -4.83. The predicted molar refractivity (Wildman–Crippen MR) is 88.4 cm³/mol. The van der Waals surface area contributed by atoms with Crippen LogP contribution in [0.3, 0.4) is 0 Å². The highest BCUT2D eigenvalue weighted by atomic mass is 32.2. The summed E-state index contributed by atoms with van der Waals surface area (Å²) >= 11 is 0. The lowest BCUT2D eigenvalue weighted by atomic mass is 10.1. The normalized spacial score (nSPS) is 11.9. The molecule has 0 aliphatic heterocycles. The molecule has 6 nitrogen and oxygen atoms in total. The van der Waals surface area contributed by atoms with Crippen LogP contribution >= 0.6 is 0 Å². The van der Waals surface area contributed by atoms with Crippen LogP contribution in [0.5, 0.6) is 5.75 Å². The van der Waals surface area contributed by atoms with Gasteiger partial charge < -0.3 is 10.1 Å². The second-order valence-electron chi connectivity index (χ2n) is 5.48. The van der Waals surface area contributed by atoms with Crippen LogP contribution in [0.1, 0.15) is 21.5 Å². The van der Waals surface area contributed by atoms with Gasteiger partial charge >= 0.3 is 6.36 Å². The van der Waals surface area contributed by atoms with Gasteiger partial charge in [-0.1, -0.05) is 0 Å². The molecule has 2 rings (SSSR count). The van der Waals surface area contributed by atoms with E-state index in [1.165, 1.54) is 12.1 Å². The monoisotopic (exact) mass is 388 g/mol. The number of carbonyl (C=O) groups excluding carboxylic acids is 1. The second-order valence-corrected chi connectivity index (χ2v) is 7.05. The summed E-state index contributed by atoms with van der Waals surface area (Å²) in [4.78, 5) is 12.1. The van der Waals surface area contributed by atoms with Gasteiger partial charge in [-0.25, -0.2) is 13.6 Å². The standard InChI is InChI=1S/C16H15F3N2O4S/c1-9-7-13(26(20,23)24)8-14(10(9)2)21-15(22)11-3-5-12(6-4-11)25-16(17,18)19/h3-8H,1-2H3,(H,21,22)(H2,20,23,24). The molecule has 140 valence electrons. The Morgan fingerprint density at radius 2 is 1.69 bits per heavy atom. The fraction of sp³-hybridized carbons (Fsp3) is 0.188. The minimum Gasteiger partial charge on any atom is -0.406 e. The second kappa shape index (κ2) is 6.96. The molecule has 0 aromatic heterocycles. The van der Waals surface area contributed by atoms with Crippen LogP contribution in [0.25, 0.3) is 0 Å². The number of alkyl halides is 3. The van der Waals surface area contributed by atoms with Crippen molar-refractivity contribution in [2.75, 3.05) is 5.32 Å². The lowest BCUT2D eigenvalue weighted by molar-refractivity contribution is -0.274. The molecule has 0 aliphatic rings. The van der Waals surface area contributed by atoms with E-state index in [1.807, 2.05) is 0 Å². The molecule has 26 heavy (non-hydrogen) atoms. The zero-order valence-corrected chi connectivity index (χ0v) is 14.5. The van der Waals surface area contributed by atoms with E-state index in [1.54, 1.807) is 13.8 Å². The van der Waals surface area contributed by atoms with Crippen LogP contribution < -0.4 is 15.2 Å². The molecule has 0 fully saturated rings. The molecule has 0 bridgehead atoms. The fourth-order valence-corrected chi connectivity index (χ4v) is 2.75. The van der Waals surface area contributed by atoms with Crippen LogP contribution in [0.4, 0.5) is 18.9 Å². The van der Waals surface area contributed by atoms with E-state index in [0.29, 0.717) is 11.1 Å². The van der Waals surface area contributed by atoms with E-state index in [0.717, 1.165) is 24.3 Å². The van der Waals surface area contributed by atoms with Crippen LogP contribution in [-0.2, 0) is 10.0 Å². The molecular formula is C16H15F3N2O4S. The van der Waals surface area contributed by atoms with Crippen molar-refractivity contribution in [3.63, 3.8) is 0 Å². The third-order valence-corrected chi connectivity index (χ3v) is 4.46. The van der Waals surface area contributed by atoms with Crippen LogP contribution in [-0.4, -0.2) is 20.7 Å². The van der Waals surface area contributed by atoms with Gasteiger partial charge in [-0.15, -0.1) is 13.2 Å². The molecule has 10 heteroatoms. The van der Waals surface area contributed by atoms with E-state index in [4.69, 9.17) is 5.14 Å². The quantitative estimate of drug-likeness (QED) is 0.841. The maximum atomic E-state index is 12.3. The Morgan fingerprint density at radius 3 is 2.19 bits per heavy atom. The van der Waals surface area contributed by atoms with Gasteiger partial charge in [0.05, 0.1) is 4.90 Å². The zero-order chi connectivity index (χ0) is 19.7. The van der Waals surface area contributed by atoms with Gasteiger partial charge in [0.1, 0.15) is 5.75 Å². The molecule has 0 atom stereocenters. The summed E-state index contributed by atoms with van der Waals surface area (Å²) in [7, 11) is -3.96. The Morgan fingerprint density at radius 1 is 1.12 bits per heavy atom. The number of amides is 1. The van der Waals surface area contributed by atoms with Gasteiger partial charge in [0.15, 0.2) is 0 Å². The molecule has 2 aromatic rings. The molecule has 0 radical (unpaired) electrons. The molecule has 0 saturated heterocycles. The molecule has 1 amide bonds. The largest absolute Gasteiger partial charge is 0.573 e. The number of aryl methyl sites for hydroxylation is 1. The Labute approximate surface area is 147 Å². The van der Waals surface area contributed by atoms with E-state index in [-0.39, 0.29) is 16.1 Å². The van der Waals surface area contributed by atoms with Crippen molar-refractivity contribution in [1.29, 1.82) is 0 Å². The predicted octanol–water partition coefficient (Wildman–Crippen LogP) is 3.10. The average molecular weight is 388 g/mol. The van der Waals surface area contributed by atoms with E-state index >= 15 is 0 Å². The Hall–Kier alpha value is -2.59. The zero-order valence-electron chi connectivity index (χ0n) is 13.7. The van der Waals surface area contributed by atoms with Crippen molar-refractivity contribution in [2.45, 2.75) is 25.1 Å². The first-order valence-corrected chi connectivity index (χ1v) is 8.72. The van der Waals surface area contributed by atoms with Gasteiger partial charge in [0.25, 0.3) is 5.91 Å². The third-order valence-electron chi connectivity index (χ3n) is 3.57. The Kier molecular flexibility index (Phi) is 5.28. The number of hydrogen-bond acceptors (Lipinski definition) is 4. The molecule has 0 heterocycles. The van der Waals surface area contributed by atoms with Crippen molar-refractivity contribution < 1.29 is 31.1 Å². The van der Waals surface area contributed by atoms with Crippen LogP contribution in [0, 0.1) is 13.8 Å². The first kappa shape index (κ1) is 19.7. The molecular weight excluding hydrogens is 373 g/mol. The fourth-order valence-electron chi connectivity index (χ4n) is 2.12. The van der Waals surface area contributed by atoms with Crippen LogP contribution in [0.15, 0.2) is 41.3 Å². The summed E-state index contributed by atoms with van der Waals surface area (Å²) < 4.78 is 63.2. The van der Waals surface area contributed by atoms with Crippen molar-refractivity contribution in [1.82, 2.24) is 0 Å². The van der Waals surface area contributed by atoms with Gasteiger partial charge in [0, 0.05) is 11.3 Å². The number of nitrogens with two attached hydrogens (primary N) is 1.